The second-order valence-corrected chi connectivity index (χ2v) is 2.84. The maximum atomic E-state index is 5.53. The number of halogens is 2. The molecule has 0 bridgehead atoms. The summed E-state index contributed by atoms with van der Waals surface area (Å²) in [5.41, 5.74) is 1.09. The van der Waals surface area contributed by atoms with Gasteiger partial charge in [0, 0.05) is 0 Å². The first-order valence-electron chi connectivity index (χ1n) is 2.55. The summed E-state index contributed by atoms with van der Waals surface area (Å²) in [6, 6.07) is 1.90. The summed E-state index contributed by atoms with van der Waals surface area (Å²) in [4.78, 5) is 0. The molecule has 9 heavy (non-hydrogen) atoms. The molecular formula is C6H6BrClO. The molecule has 0 saturated carbocycles. The van der Waals surface area contributed by atoms with E-state index in [-0.39, 0.29) is 0 Å². The first-order valence-corrected chi connectivity index (χ1v) is 3.87. The standard InChI is InChI=1S/C6H6BrClO/c1-4-2-6(7)9-5(4)3-8/h2H,3H2,1H3. The van der Waals surface area contributed by atoms with E-state index in [1.165, 1.54) is 0 Å². The Morgan fingerprint density at radius 2 is 2.44 bits per heavy atom. The van der Waals surface area contributed by atoms with Gasteiger partial charge in [-0.1, -0.05) is 0 Å². The van der Waals surface area contributed by atoms with Crippen molar-refractivity contribution in [2.24, 2.45) is 0 Å². The minimum Gasteiger partial charge on any atom is -0.453 e. The molecule has 0 fully saturated rings. The lowest BCUT2D eigenvalue weighted by Gasteiger charge is -1.85. The van der Waals surface area contributed by atoms with Gasteiger partial charge in [-0.25, -0.2) is 0 Å². The molecule has 0 aliphatic carbocycles. The number of alkyl halides is 1. The van der Waals surface area contributed by atoms with Gasteiger partial charge in [0.05, 0.1) is 5.88 Å². The van der Waals surface area contributed by atoms with E-state index in [0.717, 1.165) is 16.0 Å². The fraction of sp³-hybridized carbons (Fsp3) is 0.333. The van der Waals surface area contributed by atoms with Crippen LogP contribution in [0.4, 0.5) is 0 Å². The van der Waals surface area contributed by atoms with E-state index < -0.39 is 0 Å². The van der Waals surface area contributed by atoms with Crippen molar-refractivity contribution in [1.29, 1.82) is 0 Å². The van der Waals surface area contributed by atoms with Gasteiger partial charge in [0.1, 0.15) is 5.76 Å². The van der Waals surface area contributed by atoms with E-state index in [2.05, 4.69) is 15.9 Å². The Labute approximate surface area is 67.1 Å². The molecule has 3 heteroatoms. The van der Waals surface area contributed by atoms with Crippen molar-refractivity contribution in [3.8, 4) is 0 Å². The van der Waals surface area contributed by atoms with E-state index >= 15 is 0 Å². The van der Waals surface area contributed by atoms with Crippen LogP contribution in [-0.4, -0.2) is 0 Å². The largest absolute Gasteiger partial charge is 0.453 e. The van der Waals surface area contributed by atoms with Crippen molar-refractivity contribution in [3.05, 3.63) is 22.1 Å². The monoisotopic (exact) mass is 208 g/mol. The zero-order valence-corrected chi connectivity index (χ0v) is 7.29. The predicted molar refractivity (Wildman–Crippen MR) is 40.7 cm³/mol. The van der Waals surface area contributed by atoms with Gasteiger partial charge in [0.25, 0.3) is 0 Å². The van der Waals surface area contributed by atoms with Gasteiger partial charge in [-0.05, 0) is 34.5 Å². The maximum absolute atomic E-state index is 5.53. The van der Waals surface area contributed by atoms with E-state index in [9.17, 15) is 0 Å². The molecule has 0 unspecified atom stereocenters. The Balaban J connectivity index is 3.01. The highest BCUT2D eigenvalue weighted by Crippen LogP contribution is 2.20. The van der Waals surface area contributed by atoms with Gasteiger partial charge in [-0.2, -0.15) is 0 Å². The minimum atomic E-state index is 0.442. The fourth-order valence-electron chi connectivity index (χ4n) is 0.611. The molecule has 1 nitrogen and oxygen atoms in total. The zero-order chi connectivity index (χ0) is 6.85. The second kappa shape index (κ2) is 2.76. The molecule has 0 aliphatic heterocycles. The number of furan rings is 1. The van der Waals surface area contributed by atoms with Crippen molar-refractivity contribution < 1.29 is 4.42 Å². The molecular weight excluding hydrogens is 203 g/mol. The van der Waals surface area contributed by atoms with Crippen molar-refractivity contribution in [1.82, 2.24) is 0 Å². The summed E-state index contributed by atoms with van der Waals surface area (Å²) in [7, 11) is 0. The molecule has 0 aromatic carbocycles. The zero-order valence-electron chi connectivity index (χ0n) is 4.95. The van der Waals surface area contributed by atoms with Crippen LogP contribution in [0, 0.1) is 6.92 Å². The third kappa shape index (κ3) is 1.49. The quantitative estimate of drug-likeness (QED) is 0.648. The van der Waals surface area contributed by atoms with Crippen LogP contribution in [-0.2, 0) is 5.88 Å². The summed E-state index contributed by atoms with van der Waals surface area (Å²) in [6.07, 6.45) is 0. The van der Waals surface area contributed by atoms with Crippen LogP contribution in [0.2, 0.25) is 0 Å². The average molecular weight is 209 g/mol. The van der Waals surface area contributed by atoms with Gasteiger partial charge in [-0.3, -0.25) is 0 Å². The summed E-state index contributed by atoms with van der Waals surface area (Å²) < 4.78 is 5.89. The van der Waals surface area contributed by atoms with Crippen LogP contribution in [0.15, 0.2) is 15.2 Å². The Morgan fingerprint density at radius 1 is 1.78 bits per heavy atom. The molecule has 0 radical (unpaired) electrons. The van der Waals surface area contributed by atoms with Crippen molar-refractivity contribution in [3.63, 3.8) is 0 Å². The number of aryl methyl sites for hydroxylation is 1. The first-order chi connectivity index (χ1) is 4.24. The highest BCUT2D eigenvalue weighted by Gasteiger charge is 2.02. The SMILES string of the molecule is Cc1cc(Br)oc1CCl. The normalized spacial score (nSPS) is 10.1. The summed E-state index contributed by atoms with van der Waals surface area (Å²) in [5.74, 6) is 1.28. The molecule has 1 aromatic rings. The second-order valence-electron chi connectivity index (χ2n) is 1.79. The van der Waals surface area contributed by atoms with Crippen LogP contribution >= 0.6 is 27.5 Å². The first kappa shape index (κ1) is 7.16. The van der Waals surface area contributed by atoms with E-state index in [0.29, 0.717) is 5.88 Å². The molecule has 50 valence electrons. The lowest BCUT2D eigenvalue weighted by Crippen LogP contribution is -1.72. The third-order valence-electron chi connectivity index (χ3n) is 1.11. The van der Waals surface area contributed by atoms with Crippen molar-refractivity contribution in [2.45, 2.75) is 12.8 Å². The molecule has 1 aromatic heterocycles. The molecule has 0 atom stereocenters. The summed E-state index contributed by atoms with van der Waals surface area (Å²) in [6.45, 7) is 1.96. The lowest BCUT2D eigenvalue weighted by molar-refractivity contribution is 0.503. The highest BCUT2D eigenvalue weighted by molar-refractivity contribution is 9.10. The van der Waals surface area contributed by atoms with Crippen molar-refractivity contribution in [2.75, 3.05) is 0 Å². The lowest BCUT2D eigenvalue weighted by atomic mass is 10.3. The van der Waals surface area contributed by atoms with Crippen molar-refractivity contribution >= 4 is 27.5 Å². The third-order valence-corrected chi connectivity index (χ3v) is 1.75. The molecule has 1 heterocycles. The Bertz CT molecular complexity index is 207. The van der Waals surface area contributed by atoms with Gasteiger partial charge < -0.3 is 4.42 Å². The molecule has 0 aliphatic rings. The van der Waals surface area contributed by atoms with Gasteiger partial charge in [0.2, 0.25) is 0 Å². The summed E-state index contributed by atoms with van der Waals surface area (Å²) >= 11 is 8.73. The topological polar surface area (TPSA) is 13.1 Å². The number of hydrogen-bond donors (Lipinski definition) is 0. The molecule has 0 N–H and O–H groups in total. The van der Waals surface area contributed by atoms with E-state index in [1.807, 2.05) is 13.0 Å². The molecule has 0 amide bonds. The molecule has 1 rings (SSSR count). The maximum Gasteiger partial charge on any atom is 0.169 e. The number of rotatable bonds is 1. The van der Waals surface area contributed by atoms with Gasteiger partial charge in [0.15, 0.2) is 4.67 Å². The Morgan fingerprint density at radius 3 is 2.67 bits per heavy atom. The Kier molecular flexibility index (Phi) is 2.19. The average Bonchev–Trinajstić information content (AvgIpc) is 2.10. The van der Waals surface area contributed by atoms with E-state index in [4.69, 9.17) is 16.0 Å². The highest BCUT2D eigenvalue weighted by atomic mass is 79.9. The molecule has 0 saturated heterocycles. The van der Waals surface area contributed by atoms with Crippen LogP contribution in [0.3, 0.4) is 0 Å². The minimum absolute atomic E-state index is 0.442. The van der Waals surface area contributed by atoms with Crippen LogP contribution in [0.1, 0.15) is 11.3 Å². The fourth-order valence-corrected chi connectivity index (χ4v) is 1.42. The predicted octanol–water partition coefficient (Wildman–Crippen LogP) is 3.09. The van der Waals surface area contributed by atoms with Gasteiger partial charge >= 0.3 is 0 Å². The smallest absolute Gasteiger partial charge is 0.169 e. The Hall–Kier alpha value is 0.0500. The van der Waals surface area contributed by atoms with Gasteiger partial charge in [-0.15, -0.1) is 11.6 Å². The van der Waals surface area contributed by atoms with Crippen LogP contribution in [0.5, 0.6) is 0 Å². The van der Waals surface area contributed by atoms with Crippen LogP contribution in [0.25, 0.3) is 0 Å². The number of hydrogen-bond acceptors (Lipinski definition) is 1. The molecule has 0 spiro atoms. The summed E-state index contributed by atoms with van der Waals surface area (Å²) in [5, 5.41) is 0. The van der Waals surface area contributed by atoms with Crippen LogP contribution < -0.4 is 0 Å². The van der Waals surface area contributed by atoms with E-state index in [1.54, 1.807) is 0 Å².